The van der Waals surface area contributed by atoms with Crippen LogP contribution in [0.4, 0.5) is 20.4 Å². The Morgan fingerprint density at radius 2 is 1.82 bits per heavy atom. The number of rotatable bonds is 5. The number of anilines is 2. The largest absolute Gasteiger partial charge is 0.461 e. The Labute approximate surface area is 193 Å². The average molecular weight is 464 g/mol. The number of halogens is 2. The standard InChI is InChI=1S/C23H22F2N8O/c24-15-3-4-18(17(25)14-15)31-10-7-30(8-11-31)9-12-32-6-5-16-21(32)28-23(26)33-22(16)27-20(29-33)19-2-1-13-34-19/h1-6,13-14H,7-12H2,(H2,26,28). The summed E-state index contributed by atoms with van der Waals surface area (Å²) in [6, 6.07) is 9.28. The molecule has 1 saturated heterocycles. The van der Waals surface area contributed by atoms with Crippen molar-refractivity contribution in [3.63, 3.8) is 0 Å². The molecular weight excluding hydrogens is 442 g/mol. The number of fused-ring (bicyclic) bond motifs is 3. The molecule has 0 unspecified atom stereocenters. The molecule has 34 heavy (non-hydrogen) atoms. The number of nitrogens with zero attached hydrogens (tertiary/aromatic N) is 7. The van der Waals surface area contributed by atoms with Gasteiger partial charge in [-0.15, -0.1) is 5.10 Å². The van der Waals surface area contributed by atoms with E-state index in [0.29, 0.717) is 36.0 Å². The van der Waals surface area contributed by atoms with E-state index in [1.807, 2.05) is 17.2 Å². The van der Waals surface area contributed by atoms with Gasteiger partial charge in [-0.3, -0.25) is 4.90 Å². The highest BCUT2D eigenvalue weighted by atomic mass is 19.1. The first-order chi connectivity index (χ1) is 16.6. The van der Waals surface area contributed by atoms with Crippen molar-refractivity contribution in [3.8, 4) is 11.6 Å². The van der Waals surface area contributed by atoms with Gasteiger partial charge in [0.1, 0.15) is 17.3 Å². The summed E-state index contributed by atoms with van der Waals surface area (Å²) in [6.45, 7) is 4.45. The van der Waals surface area contributed by atoms with Crippen LogP contribution in [0.1, 0.15) is 0 Å². The Balaban J connectivity index is 1.17. The second kappa shape index (κ2) is 8.10. The minimum Gasteiger partial charge on any atom is -0.461 e. The average Bonchev–Trinajstić information content (AvgIpc) is 3.58. The minimum atomic E-state index is -0.561. The number of hydrogen-bond acceptors (Lipinski definition) is 7. The van der Waals surface area contributed by atoms with Crippen molar-refractivity contribution in [2.45, 2.75) is 6.54 Å². The number of furan rings is 1. The van der Waals surface area contributed by atoms with Crippen molar-refractivity contribution < 1.29 is 13.2 Å². The van der Waals surface area contributed by atoms with Crippen molar-refractivity contribution in [1.82, 2.24) is 29.0 Å². The molecule has 5 heterocycles. The van der Waals surface area contributed by atoms with Crippen LogP contribution in [0.2, 0.25) is 0 Å². The molecule has 1 aromatic carbocycles. The number of piperazine rings is 1. The van der Waals surface area contributed by atoms with Crippen molar-refractivity contribution in [2.75, 3.05) is 43.4 Å². The van der Waals surface area contributed by atoms with Crippen molar-refractivity contribution >= 4 is 28.3 Å². The maximum atomic E-state index is 14.1. The summed E-state index contributed by atoms with van der Waals surface area (Å²) in [5, 5.41) is 5.29. The fraction of sp³-hybridized carbons (Fsp3) is 0.261. The highest BCUT2D eigenvalue weighted by Gasteiger charge is 2.21. The van der Waals surface area contributed by atoms with Gasteiger partial charge in [-0.05, 0) is 30.3 Å². The zero-order valence-corrected chi connectivity index (χ0v) is 18.2. The molecule has 174 valence electrons. The number of nitrogen functional groups attached to an aromatic ring is 1. The monoisotopic (exact) mass is 464 g/mol. The predicted octanol–water partition coefficient (Wildman–Crippen LogP) is 3.02. The third-order valence-electron chi connectivity index (χ3n) is 6.24. The van der Waals surface area contributed by atoms with Gasteiger partial charge in [0.05, 0.1) is 17.3 Å². The topological polar surface area (TPSA) is 93.6 Å². The lowest BCUT2D eigenvalue weighted by atomic mass is 10.2. The molecule has 0 aliphatic carbocycles. The maximum absolute atomic E-state index is 14.1. The van der Waals surface area contributed by atoms with Crippen LogP contribution in [0.15, 0.2) is 53.3 Å². The van der Waals surface area contributed by atoms with E-state index in [1.54, 1.807) is 18.4 Å². The van der Waals surface area contributed by atoms with Gasteiger partial charge in [-0.2, -0.15) is 9.50 Å². The van der Waals surface area contributed by atoms with Crippen LogP contribution in [0, 0.1) is 11.6 Å². The Bertz CT molecular complexity index is 1470. The second-order valence-corrected chi connectivity index (χ2v) is 8.29. The van der Waals surface area contributed by atoms with E-state index in [9.17, 15) is 8.78 Å². The van der Waals surface area contributed by atoms with Crippen molar-refractivity contribution in [2.24, 2.45) is 0 Å². The minimum absolute atomic E-state index is 0.252. The number of nitrogens with two attached hydrogens (primary N) is 1. The summed E-state index contributed by atoms with van der Waals surface area (Å²) in [5.41, 5.74) is 8.00. The highest BCUT2D eigenvalue weighted by Crippen LogP contribution is 2.25. The van der Waals surface area contributed by atoms with Crippen LogP contribution < -0.4 is 10.6 Å². The predicted molar refractivity (Wildman–Crippen MR) is 123 cm³/mol. The van der Waals surface area contributed by atoms with Gasteiger partial charge >= 0.3 is 0 Å². The smallest absolute Gasteiger partial charge is 0.225 e. The van der Waals surface area contributed by atoms with Crippen molar-refractivity contribution in [3.05, 3.63) is 60.5 Å². The highest BCUT2D eigenvalue weighted by molar-refractivity contribution is 5.91. The van der Waals surface area contributed by atoms with E-state index in [1.165, 1.54) is 16.6 Å². The Kier molecular flexibility index (Phi) is 4.91. The molecular formula is C23H22F2N8O. The van der Waals surface area contributed by atoms with Gasteiger partial charge in [-0.1, -0.05) is 0 Å². The summed E-state index contributed by atoms with van der Waals surface area (Å²) in [6.07, 6.45) is 3.55. The van der Waals surface area contributed by atoms with Gasteiger partial charge in [0.25, 0.3) is 0 Å². The SMILES string of the molecule is Nc1nc2c(ccn2CCN2CCN(c3ccc(F)cc3F)CC2)c2nc(-c3ccco3)nn12. The van der Waals surface area contributed by atoms with E-state index in [-0.39, 0.29) is 5.95 Å². The second-order valence-electron chi connectivity index (χ2n) is 8.29. The van der Waals surface area contributed by atoms with Gasteiger partial charge in [-0.25, -0.2) is 13.8 Å². The van der Waals surface area contributed by atoms with Gasteiger partial charge < -0.3 is 19.6 Å². The first kappa shape index (κ1) is 20.6. The van der Waals surface area contributed by atoms with E-state index in [4.69, 9.17) is 10.2 Å². The quantitative estimate of drug-likeness (QED) is 0.427. The molecule has 0 amide bonds. The van der Waals surface area contributed by atoms with Gasteiger partial charge in [0.2, 0.25) is 11.8 Å². The number of aromatic nitrogens is 5. The van der Waals surface area contributed by atoms with E-state index in [2.05, 4.69) is 24.5 Å². The Morgan fingerprint density at radius 1 is 0.971 bits per heavy atom. The molecule has 0 radical (unpaired) electrons. The molecule has 0 bridgehead atoms. The van der Waals surface area contributed by atoms with E-state index < -0.39 is 11.6 Å². The Hall–Kier alpha value is -3.99. The maximum Gasteiger partial charge on any atom is 0.225 e. The lowest BCUT2D eigenvalue weighted by Gasteiger charge is -2.36. The lowest BCUT2D eigenvalue weighted by molar-refractivity contribution is 0.248. The first-order valence-corrected chi connectivity index (χ1v) is 11.0. The third kappa shape index (κ3) is 3.54. The van der Waals surface area contributed by atoms with Gasteiger partial charge in [0, 0.05) is 51.5 Å². The van der Waals surface area contributed by atoms with Crippen LogP contribution >= 0.6 is 0 Å². The molecule has 6 rings (SSSR count). The van der Waals surface area contributed by atoms with E-state index >= 15 is 0 Å². The van der Waals surface area contributed by atoms with Crippen LogP contribution in [0.3, 0.4) is 0 Å². The normalized spacial score (nSPS) is 15.1. The third-order valence-corrected chi connectivity index (χ3v) is 6.24. The summed E-state index contributed by atoms with van der Waals surface area (Å²) >= 11 is 0. The van der Waals surface area contributed by atoms with Crippen LogP contribution in [-0.2, 0) is 6.54 Å². The molecule has 0 spiro atoms. The summed E-state index contributed by atoms with van der Waals surface area (Å²) < 4.78 is 36.3. The van der Waals surface area contributed by atoms with Crippen LogP contribution in [0.25, 0.3) is 28.3 Å². The van der Waals surface area contributed by atoms with Crippen LogP contribution in [-0.4, -0.2) is 61.8 Å². The fourth-order valence-electron chi connectivity index (χ4n) is 4.46. The first-order valence-electron chi connectivity index (χ1n) is 11.0. The summed E-state index contributed by atoms with van der Waals surface area (Å²) in [7, 11) is 0. The zero-order chi connectivity index (χ0) is 23.2. The number of benzene rings is 1. The molecule has 4 aromatic heterocycles. The molecule has 1 aliphatic heterocycles. The molecule has 0 saturated carbocycles. The molecule has 1 fully saturated rings. The lowest BCUT2D eigenvalue weighted by Crippen LogP contribution is -2.47. The molecule has 5 aromatic rings. The molecule has 2 N–H and O–H groups in total. The Morgan fingerprint density at radius 3 is 2.59 bits per heavy atom. The molecule has 11 heteroatoms. The molecule has 1 aliphatic rings. The molecule has 9 nitrogen and oxygen atoms in total. The zero-order valence-electron chi connectivity index (χ0n) is 18.2. The summed E-state index contributed by atoms with van der Waals surface area (Å²) in [4.78, 5) is 13.4. The van der Waals surface area contributed by atoms with Crippen LogP contribution in [0.5, 0.6) is 0 Å². The van der Waals surface area contributed by atoms with Crippen molar-refractivity contribution in [1.29, 1.82) is 0 Å². The van der Waals surface area contributed by atoms with Gasteiger partial charge in [0.15, 0.2) is 11.4 Å². The molecule has 0 atom stereocenters. The number of hydrogen-bond donors (Lipinski definition) is 1. The fourth-order valence-corrected chi connectivity index (χ4v) is 4.46. The summed E-state index contributed by atoms with van der Waals surface area (Å²) in [5.74, 6) is 0.187. The van der Waals surface area contributed by atoms with E-state index in [0.717, 1.165) is 43.3 Å².